The molecule has 0 bridgehead atoms. The van der Waals surface area contributed by atoms with E-state index in [0.29, 0.717) is 11.1 Å². The van der Waals surface area contributed by atoms with Gasteiger partial charge in [-0.2, -0.15) is 0 Å². The standard InChI is InChI=1S/C17H19F2NO2/c1-11(21)17(14-4-2-3-5-15(14)19)20-10-16(22)12-6-8-13(18)9-7-12/h2-9,11,16-17,20-22H,10H2,1H3. The van der Waals surface area contributed by atoms with Gasteiger partial charge in [-0.15, -0.1) is 0 Å². The van der Waals surface area contributed by atoms with Gasteiger partial charge in [0.05, 0.1) is 18.2 Å². The summed E-state index contributed by atoms with van der Waals surface area (Å²) in [7, 11) is 0. The fourth-order valence-electron chi connectivity index (χ4n) is 2.31. The van der Waals surface area contributed by atoms with Crippen LogP contribution in [0.15, 0.2) is 48.5 Å². The first kappa shape index (κ1) is 16.5. The fourth-order valence-corrected chi connectivity index (χ4v) is 2.31. The minimum atomic E-state index is -0.881. The first-order valence-electron chi connectivity index (χ1n) is 7.08. The van der Waals surface area contributed by atoms with Crippen LogP contribution < -0.4 is 5.32 Å². The van der Waals surface area contributed by atoms with Gasteiger partial charge < -0.3 is 15.5 Å². The zero-order chi connectivity index (χ0) is 16.1. The van der Waals surface area contributed by atoms with Crippen LogP contribution in [0.4, 0.5) is 8.78 Å². The van der Waals surface area contributed by atoms with E-state index in [1.807, 2.05) is 0 Å². The van der Waals surface area contributed by atoms with E-state index in [-0.39, 0.29) is 12.4 Å². The van der Waals surface area contributed by atoms with Gasteiger partial charge in [-0.25, -0.2) is 8.78 Å². The molecule has 0 saturated heterocycles. The molecule has 3 N–H and O–H groups in total. The normalized spacial score (nSPS) is 15.3. The van der Waals surface area contributed by atoms with E-state index >= 15 is 0 Å². The third-order valence-corrected chi connectivity index (χ3v) is 3.51. The van der Waals surface area contributed by atoms with Crippen molar-refractivity contribution < 1.29 is 19.0 Å². The van der Waals surface area contributed by atoms with Crippen LogP contribution in [0.5, 0.6) is 0 Å². The lowest BCUT2D eigenvalue weighted by molar-refractivity contribution is 0.120. The molecule has 3 unspecified atom stereocenters. The lowest BCUT2D eigenvalue weighted by Crippen LogP contribution is -2.33. The average Bonchev–Trinajstić information content (AvgIpc) is 2.49. The molecule has 2 rings (SSSR count). The van der Waals surface area contributed by atoms with Crippen molar-refractivity contribution in [2.45, 2.75) is 25.2 Å². The maximum atomic E-state index is 13.8. The highest BCUT2D eigenvalue weighted by atomic mass is 19.1. The maximum absolute atomic E-state index is 13.8. The Bertz CT molecular complexity index is 602. The Balaban J connectivity index is 2.06. The Morgan fingerprint density at radius 1 is 1.00 bits per heavy atom. The van der Waals surface area contributed by atoms with Gasteiger partial charge >= 0.3 is 0 Å². The molecular formula is C17H19F2NO2. The van der Waals surface area contributed by atoms with Crippen molar-refractivity contribution >= 4 is 0 Å². The quantitative estimate of drug-likeness (QED) is 0.769. The molecule has 5 heteroatoms. The highest BCUT2D eigenvalue weighted by molar-refractivity contribution is 5.23. The molecule has 0 radical (unpaired) electrons. The van der Waals surface area contributed by atoms with Crippen molar-refractivity contribution in [1.82, 2.24) is 5.32 Å². The highest BCUT2D eigenvalue weighted by Crippen LogP contribution is 2.21. The van der Waals surface area contributed by atoms with Crippen LogP contribution in [0.2, 0.25) is 0 Å². The molecule has 0 fully saturated rings. The Hall–Kier alpha value is -1.82. The van der Waals surface area contributed by atoms with Crippen LogP contribution in [0.3, 0.4) is 0 Å². The summed E-state index contributed by atoms with van der Waals surface area (Å²) in [5.41, 5.74) is 0.885. The van der Waals surface area contributed by atoms with E-state index in [0.717, 1.165) is 0 Å². The molecule has 2 aromatic rings. The van der Waals surface area contributed by atoms with Crippen LogP contribution >= 0.6 is 0 Å². The molecule has 0 aliphatic rings. The van der Waals surface area contributed by atoms with E-state index in [1.54, 1.807) is 25.1 Å². The van der Waals surface area contributed by atoms with Crippen molar-refractivity contribution in [3.05, 3.63) is 71.3 Å². The largest absolute Gasteiger partial charge is 0.391 e. The van der Waals surface area contributed by atoms with Gasteiger partial charge in [0.1, 0.15) is 11.6 Å². The van der Waals surface area contributed by atoms with E-state index in [4.69, 9.17) is 0 Å². The molecule has 0 aliphatic heterocycles. The van der Waals surface area contributed by atoms with Crippen LogP contribution in [0.1, 0.15) is 30.2 Å². The minimum absolute atomic E-state index is 0.107. The minimum Gasteiger partial charge on any atom is -0.391 e. The summed E-state index contributed by atoms with van der Waals surface area (Å²) in [5.74, 6) is -0.797. The van der Waals surface area contributed by atoms with E-state index in [1.165, 1.54) is 30.3 Å². The molecule has 3 nitrogen and oxygen atoms in total. The van der Waals surface area contributed by atoms with E-state index < -0.39 is 24.1 Å². The Kier molecular flexibility index (Phi) is 5.60. The number of benzene rings is 2. The fraction of sp³-hybridized carbons (Fsp3) is 0.294. The molecule has 0 saturated carbocycles. The van der Waals surface area contributed by atoms with Gasteiger partial charge in [0.2, 0.25) is 0 Å². The predicted molar refractivity (Wildman–Crippen MR) is 80.2 cm³/mol. The van der Waals surface area contributed by atoms with Crippen molar-refractivity contribution in [3.63, 3.8) is 0 Å². The third-order valence-electron chi connectivity index (χ3n) is 3.51. The zero-order valence-electron chi connectivity index (χ0n) is 12.2. The second-order valence-corrected chi connectivity index (χ2v) is 5.22. The van der Waals surface area contributed by atoms with Crippen molar-refractivity contribution in [3.8, 4) is 0 Å². The summed E-state index contributed by atoms with van der Waals surface area (Å²) in [6.45, 7) is 1.66. The third kappa shape index (κ3) is 4.10. The zero-order valence-corrected chi connectivity index (χ0v) is 12.2. The molecule has 0 aromatic heterocycles. The molecule has 2 aromatic carbocycles. The second-order valence-electron chi connectivity index (χ2n) is 5.22. The van der Waals surface area contributed by atoms with Crippen molar-refractivity contribution in [2.75, 3.05) is 6.54 Å². The Morgan fingerprint density at radius 3 is 2.23 bits per heavy atom. The molecule has 22 heavy (non-hydrogen) atoms. The smallest absolute Gasteiger partial charge is 0.128 e. The lowest BCUT2D eigenvalue weighted by atomic mass is 10.0. The second kappa shape index (κ2) is 7.45. The number of hydrogen-bond donors (Lipinski definition) is 3. The highest BCUT2D eigenvalue weighted by Gasteiger charge is 2.21. The van der Waals surface area contributed by atoms with Crippen LogP contribution in [0, 0.1) is 11.6 Å². The van der Waals surface area contributed by atoms with Gasteiger partial charge in [-0.1, -0.05) is 30.3 Å². The summed E-state index contributed by atoms with van der Waals surface area (Å²) in [6, 6.07) is 11.0. The monoisotopic (exact) mass is 307 g/mol. The SMILES string of the molecule is CC(O)C(NCC(O)c1ccc(F)cc1)c1ccccc1F. The summed E-state index contributed by atoms with van der Waals surface area (Å²) in [6.07, 6.45) is -1.72. The molecule has 3 atom stereocenters. The topological polar surface area (TPSA) is 52.5 Å². The van der Waals surface area contributed by atoms with Crippen molar-refractivity contribution in [2.24, 2.45) is 0 Å². The van der Waals surface area contributed by atoms with Gasteiger partial charge in [-0.3, -0.25) is 0 Å². The molecule has 0 amide bonds. The summed E-state index contributed by atoms with van der Waals surface area (Å²) >= 11 is 0. The Labute approximate surface area is 128 Å². The van der Waals surface area contributed by atoms with E-state index in [9.17, 15) is 19.0 Å². The molecule has 0 heterocycles. The van der Waals surface area contributed by atoms with Crippen LogP contribution in [0.25, 0.3) is 0 Å². The van der Waals surface area contributed by atoms with Gasteiger partial charge in [-0.05, 0) is 30.7 Å². The maximum Gasteiger partial charge on any atom is 0.128 e. The molecule has 118 valence electrons. The predicted octanol–water partition coefficient (Wildman–Crippen LogP) is 2.71. The van der Waals surface area contributed by atoms with Crippen LogP contribution in [-0.4, -0.2) is 22.9 Å². The Morgan fingerprint density at radius 2 is 1.64 bits per heavy atom. The number of nitrogens with one attached hydrogen (secondary N) is 1. The molecular weight excluding hydrogens is 288 g/mol. The van der Waals surface area contributed by atoms with Gasteiger partial charge in [0.25, 0.3) is 0 Å². The van der Waals surface area contributed by atoms with Gasteiger partial charge in [0, 0.05) is 12.1 Å². The summed E-state index contributed by atoms with van der Waals surface area (Å²) < 4.78 is 26.7. The molecule has 0 aliphatic carbocycles. The number of halogens is 2. The number of rotatable bonds is 6. The van der Waals surface area contributed by atoms with Crippen LogP contribution in [-0.2, 0) is 0 Å². The molecule has 0 spiro atoms. The number of aliphatic hydroxyl groups excluding tert-OH is 2. The number of hydrogen-bond acceptors (Lipinski definition) is 3. The number of aliphatic hydroxyl groups is 2. The summed E-state index contributed by atoms with van der Waals surface area (Å²) in [4.78, 5) is 0. The van der Waals surface area contributed by atoms with Crippen molar-refractivity contribution in [1.29, 1.82) is 0 Å². The van der Waals surface area contributed by atoms with E-state index in [2.05, 4.69) is 5.32 Å². The first-order valence-corrected chi connectivity index (χ1v) is 7.08. The van der Waals surface area contributed by atoms with Gasteiger partial charge in [0.15, 0.2) is 0 Å². The first-order chi connectivity index (χ1) is 10.5. The summed E-state index contributed by atoms with van der Waals surface area (Å²) in [5, 5.41) is 22.9. The average molecular weight is 307 g/mol. The lowest BCUT2D eigenvalue weighted by Gasteiger charge is -2.24.